The zero-order chi connectivity index (χ0) is 15.3. The lowest BCUT2D eigenvalue weighted by molar-refractivity contribution is 0.322. The lowest BCUT2D eigenvalue weighted by atomic mass is 10.2. The maximum atomic E-state index is 12.0. The van der Waals surface area contributed by atoms with Crippen molar-refractivity contribution in [1.29, 1.82) is 0 Å². The van der Waals surface area contributed by atoms with Gasteiger partial charge in [-0.15, -0.1) is 0 Å². The molecule has 2 aromatic rings. The van der Waals surface area contributed by atoms with Gasteiger partial charge in [-0.2, -0.15) is 0 Å². The highest BCUT2D eigenvalue weighted by atomic mass is 35.5. The maximum Gasteiger partial charge on any atom is 0.243 e. The number of rotatable bonds is 6. The third-order valence-electron chi connectivity index (χ3n) is 2.68. The minimum absolute atomic E-state index is 0.0396. The first-order valence-electron chi connectivity index (χ1n) is 6.28. The Morgan fingerprint density at radius 2 is 2.14 bits per heavy atom. The average Bonchev–Trinajstić information content (AvgIpc) is 2.44. The molecule has 0 aliphatic heterocycles. The number of aromatic nitrogens is 1. The Bertz CT molecular complexity index is 720. The Morgan fingerprint density at radius 3 is 2.86 bits per heavy atom. The van der Waals surface area contributed by atoms with Crippen LogP contribution >= 0.6 is 11.6 Å². The SMILES string of the molecule is Cc1cccc(OCCNS(=O)(=O)c2cnccc2Cl)c1. The topological polar surface area (TPSA) is 68.3 Å². The van der Waals surface area contributed by atoms with Crippen LogP contribution in [0.1, 0.15) is 5.56 Å². The molecule has 2 rings (SSSR count). The Kier molecular flexibility index (Phi) is 5.17. The van der Waals surface area contributed by atoms with Gasteiger partial charge in [-0.3, -0.25) is 4.98 Å². The fourth-order valence-corrected chi connectivity index (χ4v) is 3.13. The molecule has 0 amide bonds. The second kappa shape index (κ2) is 6.89. The predicted octanol–water partition coefficient (Wildman–Crippen LogP) is 2.40. The number of ether oxygens (including phenoxy) is 1. The van der Waals surface area contributed by atoms with Crippen LogP contribution in [0.15, 0.2) is 47.6 Å². The number of hydrogen-bond donors (Lipinski definition) is 1. The lowest BCUT2D eigenvalue weighted by Gasteiger charge is -2.09. The van der Waals surface area contributed by atoms with E-state index in [1.54, 1.807) is 0 Å². The molecule has 0 saturated carbocycles. The molecule has 0 aliphatic carbocycles. The first-order chi connectivity index (χ1) is 9.99. The van der Waals surface area contributed by atoms with Crippen molar-refractivity contribution in [3.8, 4) is 5.75 Å². The number of halogens is 1. The molecule has 0 fully saturated rings. The third-order valence-corrected chi connectivity index (χ3v) is 4.61. The lowest BCUT2D eigenvalue weighted by Crippen LogP contribution is -2.28. The van der Waals surface area contributed by atoms with E-state index in [1.807, 2.05) is 31.2 Å². The molecule has 0 aliphatic rings. The van der Waals surface area contributed by atoms with Gasteiger partial charge in [-0.25, -0.2) is 13.1 Å². The number of pyridine rings is 1. The zero-order valence-corrected chi connectivity index (χ0v) is 13.0. The Labute approximate surface area is 129 Å². The molecule has 5 nitrogen and oxygen atoms in total. The number of nitrogens with one attached hydrogen (secondary N) is 1. The fraction of sp³-hybridized carbons (Fsp3) is 0.214. The molecule has 1 aromatic carbocycles. The first-order valence-corrected chi connectivity index (χ1v) is 8.14. The van der Waals surface area contributed by atoms with Gasteiger partial charge in [0.05, 0.1) is 5.02 Å². The molecule has 0 spiro atoms. The van der Waals surface area contributed by atoms with E-state index in [1.165, 1.54) is 18.5 Å². The molecule has 0 unspecified atom stereocenters. The van der Waals surface area contributed by atoms with Gasteiger partial charge >= 0.3 is 0 Å². The summed E-state index contributed by atoms with van der Waals surface area (Å²) >= 11 is 5.84. The molecule has 112 valence electrons. The second-order valence-corrected chi connectivity index (χ2v) is 6.51. The standard InChI is InChI=1S/C14H15ClN2O3S/c1-11-3-2-4-12(9-11)20-8-7-17-21(18,19)14-10-16-6-5-13(14)15/h2-6,9-10,17H,7-8H2,1H3. The largest absolute Gasteiger partial charge is 0.492 e. The summed E-state index contributed by atoms with van der Waals surface area (Å²) in [6, 6.07) is 8.97. The minimum Gasteiger partial charge on any atom is -0.492 e. The van der Waals surface area contributed by atoms with Crippen LogP contribution < -0.4 is 9.46 Å². The van der Waals surface area contributed by atoms with Crippen LogP contribution in [0, 0.1) is 6.92 Å². The van der Waals surface area contributed by atoms with Gasteiger partial charge in [0.15, 0.2) is 0 Å². The summed E-state index contributed by atoms with van der Waals surface area (Å²) in [5, 5.41) is 0.136. The van der Waals surface area contributed by atoms with E-state index in [0.717, 1.165) is 5.56 Å². The summed E-state index contributed by atoms with van der Waals surface area (Å²) in [6.45, 7) is 2.32. The van der Waals surface area contributed by atoms with Crippen LogP contribution in [0.25, 0.3) is 0 Å². The van der Waals surface area contributed by atoms with Crippen molar-refractivity contribution < 1.29 is 13.2 Å². The molecule has 0 radical (unpaired) electrons. The van der Waals surface area contributed by atoms with Gasteiger partial charge < -0.3 is 4.74 Å². The van der Waals surface area contributed by atoms with E-state index < -0.39 is 10.0 Å². The van der Waals surface area contributed by atoms with Crippen molar-refractivity contribution >= 4 is 21.6 Å². The molecule has 0 atom stereocenters. The molecule has 7 heteroatoms. The Hall–Kier alpha value is -1.63. The van der Waals surface area contributed by atoms with E-state index >= 15 is 0 Å². The minimum atomic E-state index is -3.68. The Morgan fingerprint density at radius 1 is 1.33 bits per heavy atom. The van der Waals surface area contributed by atoms with Gasteiger partial charge in [0.25, 0.3) is 0 Å². The first kappa shape index (κ1) is 15.8. The smallest absolute Gasteiger partial charge is 0.243 e. The van der Waals surface area contributed by atoms with Crippen molar-refractivity contribution in [2.45, 2.75) is 11.8 Å². The quantitative estimate of drug-likeness (QED) is 0.828. The zero-order valence-electron chi connectivity index (χ0n) is 11.4. The molecule has 0 bridgehead atoms. The van der Waals surface area contributed by atoms with Crippen molar-refractivity contribution in [2.75, 3.05) is 13.2 Å². The van der Waals surface area contributed by atoms with Crippen molar-refractivity contribution in [1.82, 2.24) is 9.71 Å². The molecular weight excluding hydrogens is 312 g/mol. The monoisotopic (exact) mass is 326 g/mol. The summed E-state index contributed by atoms with van der Waals surface area (Å²) in [4.78, 5) is 3.72. The molecule has 1 aromatic heterocycles. The summed E-state index contributed by atoms with van der Waals surface area (Å²) in [6.07, 6.45) is 2.65. The highest BCUT2D eigenvalue weighted by Gasteiger charge is 2.17. The highest BCUT2D eigenvalue weighted by Crippen LogP contribution is 2.18. The van der Waals surface area contributed by atoms with Crippen molar-refractivity contribution in [3.63, 3.8) is 0 Å². The van der Waals surface area contributed by atoms with E-state index in [2.05, 4.69) is 9.71 Å². The van der Waals surface area contributed by atoms with Crippen molar-refractivity contribution in [2.24, 2.45) is 0 Å². The number of sulfonamides is 1. The Balaban J connectivity index is 1.90. The van der Waals surface area contributed by atoms with Gasteiger partial charge in [0.2, 0.25) is 10.0 Å². The van der Waals surface area contributed by atoms with Gasteiger partial charge in [-0.05, 0) is 30.7 Å². The average molecular weight is 327 g/mol. The second-order valence-electron chi connectivity index (χ2n) is 4.37. The summed E-state index contributed by atoms with van der Waals surface area (Å²) in [5.41, 5.74) is 1.08. The van der Waals surface area contributed by atoms with E-state index in [-0.39, 0.29) is 23.1 Å². The van der Waals surface area contributed by atoms with Crippen LogP contribution in [0.3, 0.4) is 0 Å². The summed E-state index contributed by atoms with van der Waals surface area (Å²) < 4.78 is 32.0. The van der Waals surface area contributed by atoms with E-state index in [0.29, 0.717) is 5.75 Å². The molecule has 21 heavy (non-hydrogen) atoms. The molecular formula is C14H15ClN2O3S. The highest BCUT2D eigenvalue weighted by molar-refractivity contribution is 7.89. The number of nitrogens with zero attached hydrogens (tertiary/aromatic N) is 1. The van der Waals surface area contributed by atoms with E-state index in [9.17, 15) is 8.42 Å². The van der Waals surface area contributed by atoms with Crippen LogP contribution in [0.2, 0.25) is 5.02 Å². The predicted molar refractivity (Wildman–Crippen MR) is 81.1 cm³/mol. The van der Waals surface area contributed by atoms with Crippen LogP contribution in [0.5, 0.6) is 5.75 Å². The van der Waals surface area contributed by atoms with Gasteiger partial charge in [0.1, 0.15) is 17.3 Å². The van der Waals surface area contributed by atoms with Crippen molar-refractivity contribution in [3.05, 3.63) is 53.3 Å². The van der Waals surface area contributed by atoms with Gasteiger partial charge in [0, 0.05) is 18.9 Å². The third kappa shape index (κ3) is 4.42. The van der Waals surface area contributed by atoms with Crippen LogP contribution in [0.4, 0.5) is 0 Å². The number of hydrogen-bond acceptors (Lipinski definition) is 4. The van der Waals surface area contributed by atoms with Crippen LogP contribution in [-0.4, -0.2) is 26.6 Å². The van der Waals surface area contributed by atoms with Gasteiger partial charge in [-0.1, -0.05) is 23.7 Å². The fourth-order valence-electron chi connectivity index (χ4n) is 1.69. The summed E-state index contributed by atoms with van der Waals surface area (Å²) in [7, 11) is -3.68. The normalized spacial score (nSPS) is 11.3. The van der Waals surface area contributed by atoms with Crippen LogP contribution in [-0.2, 0) is 10.0 Å². The maximum absolute atomic E-state index is 12.0. The number of benzene rings is 1. The molecule has 0 saturated heterocycles. The number of aryl methyl sites for hydroxylation is 1. The molecule has 1 N–H and O–H groups in total. The summed E-state index contributed by atoms with van der Waals surface area (Å²) in [5.74, 6) is 0.702. The molecule has 1 heterocycles. The van der Waals surface area contributed by atoms with E-state index in [4.69, 9.17) is 16.3 Å².